The average Bonchev–Trinajstić information content (AvgIpc) is 2.95. The summed E-state index contributed by atoms with van der Waals surface area (Å²) < 4.78 is 5.30. The predicted molar refractivity (Wildman–Crippen MR) is 133 cm³/mol. The van der Waals surface area contributed by atoms with E-state index in [1.54, 1.807) is 4.90 Å². The monoisotopic (exact) mass is 478 g/mol. The van der Waals surface area contributed by atoms with Crippen LogP contribution in [0.2, 0.25) is 0 Å². The molecule has 2 aromatic rings. The molecule has 1 aliphatic carbocycles. The van der Waals surface area contributed by atoms with Crippen LogP contribution in [-0.4, -0.2) is 35.3 Å². The van der Waals surface area contributed by atoms with E-state index in [4.69, 9.17) is 9.73 Å². The SMILES string of the molecule is CC(C)CN1C(=O)C(NC(=O)Oc2ccc([N+](=O)[O-])cc2)N=C(C2CCCCC2)c2ccccc21. The smallest absolute Gasteiger partial charge is 0.410 e. The van der Waals surface area contributed by atoms with Crippen LogP contribution in [0.25, 0.3) is 0 Å². The third-order valence-corrected chi connectivity index (χ3v) is 6.29. The third-order valence-electron chi connectivity index (χ3n) is 6.29. The zero-order valence-electron chi connectivity index (χ0n) is 20.0. The van der Waals surface area contributed by atoms with Crippen LogP contribution in [0.1, 0.15) is 51.5 Å². The highest BCUT2D eigenvalue weighted by Crippen LogP contribution is 2.34. The van der Waals surface area contributed by atoms with Crippen LogP contribution in [0, 0.1) is 22.0 Å². The van der Waals surface area contributed by atoms with E-state index >= 15 is 0 Å². The molecule has 1 fully saturated rings. The van der Waals surface area contributed by atoms with Gasteiger partial charge < -0.3 is 9.64 Å². The van der Waals surface area contributed by atoms with E-state index in [0.29, 0.717) is 6.54 Å². The van der Waals surface area contributed by atoms with Crippen molar-refractivity contribution >= 4 is 29.1 Å². The molecule has 1 saturated carbocycles. The summed E-state index contributed by atoms with van der Waals surface area (Å²) in [5, 5.41) is 13.5. The van der Waals surface area contributed by atoms with Crippen molar-refractivity contribution in [2.24, 2.45) is 16.8 Å². The molecular formula is C26H30N4O5. The van der Waals surface area contributed by atoms with Crippen LogP contribution in [0.5, 0.6) is 5.75 Å². The normalized spacial score (nSPS) is 18.5. The standard InChI is InChI=1S/C26H30N4O5/c1-17(2)16-29-22-11-7-6-10-21(22)23(18-8-4-3-5-9-18)27-24(25(29)31)28-26(32)35-20-14-12-19(13-15-20)30(33)34/h6-7,10-15,17-18,24H,3-5,8-9,16H2,1-2H3,(H,28,32). The molecule has 0 radical (unpaired) electrons. The molecule has 0 bridgehead atoms. The molecule has 1 aliphatic heterocycles. The molecular weight excluding hydrogens is 448 g/mol. The van der Waals surface area contributed by atoms with E-state index in [2.05, 4.69) is 5.32 Å². The molecule has 1 unspecified atom stereocenters. The molecule has 184 valence electrons. The van der Waals surface area contributed by atoms with E-state index in [9.17, 15) is 19.7 Å². The number of anilines is 1. The molecule has 1 atom stereocenters. The minimum Gasteiger partial charge on any atom is -0.410 e. The summed E-state index contributed by atoms with van der Waals surface area (Å²) in [6.07, 6.45) is 3.40. The van der Waals surface area contributed by atoms with Crippen molar-refractivity contribution in [2.75, 3.05) is 11.4 Å². The maximum atomic E-state index is 13.7. The molecule has 2 aromatic carbocycles. The van der Waals surface area contributed by atoms with Crippen LogP contribution in [0.4, 0.5) is 16.2 Å². The van der Waals surface area contributed by atoms with Crippen LogP contribution in [0.15, 0.2) is 53.5 Å². The van der Waals surface area contributed by atoms with Crippen molar-refractivity contribution in [1.82, 2.24) is 5.32 Å². The highest BCUT2D eigenvalue weighted by Gasteiger charge is 2.35. The van der Waals surface area contributed by atoms with Gasteiger partial charge in [-0.25, -0.2) is 4.79 Å². The lowest BCUT2D eigenvalue weighted by molar-refractivity contribution is -0.384. The number of nitrogens with zero attached hydrogens (tertiary/aromatic N) is 3. The van der Waals surface area contributed by atoms with Gasteiger partial charge in [0, 0.05) is 30.2 Å². The van der Waals surface area contributed by atoms with Crippen molar-refractivity contribution in [3.05, 3.63) is 64.2 Å². The summed E-state index contributed by atoms with van der Waals surface area (Å²) in [5.74, 6) is 0.230. The highest BCUT2D eigenvalue weighted by molar-refractivity contribution is 6.14. The first kappa shape index (κ1) is 24.4. The van der Waals surface area contributed by atoms with Gasteiger partial charge in [0.2, 0.25) is 6.17 Å². The minimum atomic E-state index is -1.14. The number of carbonyl (C=O) groups is 2. The molecule has 2 amide bonds. The topological polar surface area (TPSA) is 114 Å². The number of nitro benzene ring substituents is 1. The summed E-state index contributed by atoms with van der Waals surface area (Å²) in [5.41, 5.74) is 2.48. The Labute approximate surface area is 204 Å². The van der Waals surface area contributed by atoms with E-state index in [0.717, 1.165) is 42.6 Å². The predicted octanol–water partition coefficient (Wildman–Crippen LogP) is 5.08. The number of fused-ring (bicyclic) bond motifs is 1. The van der Waals surface area contributed by atoms with Gasteiger partial charge in [-0.05, 0) is 37.0 Å². The number of hydrogen-bond donors (Lipinski definition) is 1. The summed E-state index contributed by atoms with van der Waals surface area (Å²) in [4.78, 5) is 43.2. The first-order valence-electron chi connectivity index (χ1n) is 12.0. The molecule has 4 rings (SSSR count). The number of para-hydroxylation sites is 1. The third kappa shape index (κ3) is 5.67. The number of nitro groups is 1. The number of nitrogens with one attached hydrogen (secondary N) is 1. The Balaban J connectivity index is 1.64. The largest absolute Gasteiger partial charge is 0.414 e. The Hall–Kier alpha value is -3.75. The molecule has 2 aliphatic rings. The molecule has 0 aromatic heterocycles. The Kier molecular flexibility index (Phi) is 7.43. The second-order valence-electron chi connectivity index (χ2n) is 9.40. The molecule has 35 heavy (non-hydrogen) atoms. The number of hydrogen-bond acceptors (Lipinski definition) is 6. The van der Waals surface area contributed by atoms with E-state index in [1.807, 2.05) is 38.1 Å². The Morgan fingerprint density at radius 1 is 1.14 bits per heavy atom. The first-order valence-corrected chi connectivity index (χ1v) is 12.0. The van der Waals surface area contributed by atoms with Crippen molar-refractivity contribution in [1.29, 1.82) is 0 Å². The van der Waals surface area contributed by atoms with Crippen molar-refractivity contribution < 1.29 is 19.2 Å². The van der Waals surface area contributed by atoms with Gasteiger partial charge in [-0.2, -0.15) is 0 Å². The molecule has 0 saturated heterocycles. The summed E-state index contributed by atoms with van der Waals surface area (Å²) >= 11 is 0. The summed E-state index contributed by atoms with van der Waals surface area (Å²) in [6.45, 7) is 4.56. The van der Waals surface area contributed by atoms with E-state index in [-0.39, 0.29) is 29.2 Å². The number of aliphatic imine (C=N–C) groups is 1. The lowest BCUT2D eigenvalue weighted by Crippen LogP contribution is -2.49. The lowest BCUT2D eigenvalue weighted by atomic mass is 9.82. The molecule has 1 heterocycles. The number of rotatable bonds is 6. The average molecular weight is 479 g/mol. The van der Waals surface area contributed by atoms with Gasteiger partial charge in [0.1, 0.15) is 5.75 Å². The highest BCUT2D eigenvalue weighted by atomic mass is 16.6. The van der Waals surface area contributed by atoms with Crippen LogP contribution in [-0.2, 0) is 4.79 Å². The number of non-ortho nitro benzene ring substituents is 1. The molecule has 0 spiro atoms. The number of benzodiazepines with no additional fused rings is 1. The van der Waals surface area contributed by atoms with Gasteiger partial charge in [-0.3, -0.25) is 25.2 Å². The van der Waals surface area contributed by atoms with Crippen molar-refractivity contribution in [2.45, 2.75) is 52.1 Å². The van der Waals surface area contributed by atoms with Gasteiger partial charge in [-0.15, -0.1) is 0 Å². The zero-order chi connectivity index (χ0) is 24.9. The van der Waals surface area contributed by atoms with Gasteiger partial charge in [0.05, 0.1) is 16.3 Å². The second-order valence-corrected chi connectivity index (χ2v) is 9.40. The maximum absolute atomic E-state index is 13.7. The maximum Gasteiger partial charge on any atom is 0.414 e. The van der Waals surface area contributed by atoms with Gasteiger partial charge in [-0.1, -0.05) is 51.3 Å². The van der Waals surface area contributed by atoms with Crippen molar-refractivity contribution in [3.8, 4) is 5.75 Å². The number of ether oxygens (including phenoxy) is 1. The van der Waals surface area contributed by atoms with Gasteiger partial charge in [0.25, 0.3) is 11.6 Å². The Bertz CT molecular complexity index is 1120. The Morgan fingerprint density at radius 2 is 1.83 bits per heavy atom. The Morgan fingerprint density at radius 3 is 2.49 bits per heavy atom. The number of carbonyl (C=O) groups excluding carboxylic acids is 2. The van der Waals surface area contributed by atoms with E-state index in [1.165, 1.54) is 30.7 Å². The van der Waals surface area contributed by atoms with E-state index < -0.39 is 17.2 Å². The fraction of sp³-hybridized carbons (Fsp3) is 0.423. The summed E-state index contributed by atoms with van der Waals surface area (Å²) in [6, 6.07) is 13.0. The van der Waals surface area contributed by atoms with Crippen LogP contribution in [0.3, 0.4) is 0 Å². The summed E-state index contributed by atoms with van der Waals surface area (Å²) in [7, 11) is 0. The number of amides is 2. The van der Waals surface area contributed by atoms with Crippen LogP contribution < -0.4 is 15.0 Å². The molecule has 9 nitrogen and oxygen atoms in total. The number of benzene rings is 2. The molecule has 9 heteroatoms. The lowest BCUT2D eigenvalue weighted by Gasteiger charge is -2.27. The second kappa shape index (κ2) is 10.7. The zero-order valence-corrected chi connectivity index (χ0v) is 20.0. The first-order chi connectivity index (χ1) is 16.8. The minimum absolute atomic E-state index is 0.111. The molecule has 1 N–H and O–H groups in total. The van der Waals surface area contributed by atoms with Crippen molar-refractivity contribution in [3.63, 3.8) is 0 Å². The van der Waals surface area contributed by atoms with Crippen LogP contribution >= 0.6 is 0 Å². The fourth-order valence-corrected chi connectivity index (χ4v) is 4.69. The quantitative estimate of drug-likeness (QED) is 0.459. The fourth-order valence-electron chi connectivity index (χ4n) is 4.69. The van der Waals surface area contributed by atoms with Gasteiger partial charge >= 0.3 is 6.09 Å². The van der Waals surface area contributed by atoms with Gasteiger partial charge in [0.15, 0.2) is 0 Å².